The van der Waals surface area contributed by atoms with Crippen molar-refractivity contribution in [1.82, 2.24) is 15.0 Å². The summed E-state index contributed by atoms with van der Waals surface area (Å²) in [5.74, 6) is 0.623. The third kappa shape index (κ3) is 2.81. The number of methoxy groups -OCH3 is 1. The van der Waals surface area contributed by atoms with Crippen molar-refractivity contribution in [3.8, 4) is 11.8 Å². The fourth-order valence-electron chi connectivity index (χ4n) is 1.41. The lowest BCUT2D eigenvalue weighted by molar-refractivity contribution is 0.397. The molecule has 0 atom stereocenters. The van der Waals surface area contributed by atoms with Crippen LogP contribution in [0.2, 0.25) is 0 Å². The number of hydrogen-bond donors (Lipinski definition) is 2. The number of rotatable bonds is 3. The second kappa shape index (κ2) is 4.65. The van der Waals surface area contributed by atoms with Crippen LogP contribution in [0.5, 0.6) is 11.8 Å². The molecular weight excluding hydrogens is 222 g/mol. The number of nitrogens with zero attached hydrogens (tertiary/aromatic N) is 2. The zero-order valence-corrected chi connectivity index (χ0v) is 9.17. The topological polar surface area (TPSA) is 88.1 Å². The molecule has 0 saturated heterocycles. The van der Waals surface area contributed by atoms with Gasteiger partial charge in [0.1, 0.15) is 5.82 Å². The predicted molar refractivity (Wildman–Crippen MR) is 60.1 cm³/mol. The van der Waals surface area contributed by atoms with Gasteiger partial charge in [-0.1, -0.05) is 6.07 Å². The SMILES string of the molecule is COc1ccc(Cc2nc(O)cc(=O)[nH]2)cn1. The first-order chi connectivity index (χ1) is 8.17. The second-order valence-electron chi connectivity index (χ2n) is 3.44. The Balaban J connectivity index is 2.22. The van der Waals surface area contributed by atoms with Gasteiger partial charge in [-0.3, -0.25) is 4.79 Å². The minimum atomic E-state index is -0.381. The number of nitrogens with one attached hydrogen (secondary N) is 1. The van der Waals surface area contributed by atoms with E-state index in [2.05, 4.69) is 15.0 Å². The summed E-state index contributed by atoms with van der Waals surface area (Å²) < 4.78 is 4.93. The van der Waals surface area contributed by atoms with E-state index in [9.17, 15) is 9.90 Å². The highest BCUT2D eigenvalue weighted by Gasteiger charge is 2.02. The van der Waals surface area contributed by atoms with Gasteiger partial charge in [-0.15, -0.1) is 0 Å². The fourth-order valence-corrected chi connectivity index (χ4v) is 1.41. The summed E-state index contributed by atoms with van der Waals surface area (Å²) >= 11 is 0. The standard InChI is InChI=1S/C11H11N3O3/c1-17-11-3-2-7(6-12-11)4-8-13-9(15)5-10(16)14-8/h2-3,5-6H,4H2,1H3,(H2,13,14,15,16). The van der Waals surface area contributed by atoms with E-state index in [1.807, 2.05) is 6.07 Å². The van der Waals surface area contributed by atoms with Crippen molar-refractivity contribution in [2.75, 3.05) is 7.11 Å². The Morgan fingerprint density at radius 2 is 2.29 bits per heavy atom. The number of aromatic nitrogens is 3. The number of pyridine rings is 1. The molecule has 0 aliphatic carbocycles. The molecular formula is C11H11N3O3. The lowest BCUT2D eigenvalue weighted by Crippen LogP contribution is -2.09. The van der Waals surface area contributed by atoms with E-state index in [4.69, 9.17) is 4.74 Å². The van der Waals surface area contributed by atoms with Gasteiger partial charge in [0.15, 0.2) is 0 Å². The number of aromatic hydroxyl groups is 1. The third-order valence-electron chi connectivity index (χ3n) is 2.16. The Kier molecular flexibility index (Phi) is 3.04. The van der Waals surface area contributed by atoms with Crippen molar-refractivity contribution in [1.29, 1.82) is 0 Å². The molecule has 0 radical (unpaired) electrons. The van der Waals surface area contributed by atoms with Crippen LogP contribution in [-0.2, 0) is 6.42 Å². The van der Waals surface area contributed by atoms with Gasteiger partial charge in [0.2, 0.25) is 11.8 Å². The van der Waals surface area contributed by atoms with E-state index in [0.29, 0.717) is 18.1 Å². The molecule has 0 amide bonds. The van der Waals surface area contributed by atoms with Crippen LogP contribution in [0.3, 0.4) is 0 Å². The summed E-state index contributed by atoms with van der Waals surface area (Å²) in [7, 11) is 1.54. The average molecular weight is 233 g/mol. The first kappa shape index (κ1) is 11.1. The maximum atomic E-state index is 11.1. The first-order valence-electron chi connectivity index (χ1n) is 4.95. The molecule has 6 heteroatoms. The highest BCUT2D eigenvalue weighted by molar-refractivity contribution is 5.21. The van der Waals surface area contributed by atoms with Crippen LogP contribution >= 0.6 is 0 Å². The molecule has 0 unspecified atom stereocenters. The Bertz CT molecular complexity index is 563. The molecule has 0 fully saturated rings. The van der Waals surface area contributed by atoms with Gasteiger partial charge < -0.3 is 14.8 Å². The number of ether oxygens (including phenoxy) is 1. The minimum Gasteiger partial charge on any atom is -0.493 e. The molecule has 2 heterocycles. The maximum Gasteiger partial charge on any atom is 0.254 e. The molecule has 0 saturated carbocycles. The Hall–Kier alpha value is -2.37. The lowest BCUT2D eigenvalue weighted by Gasteiger charge is -2.02. The average Bonchev–Trinajstić information content (AvgIpc) is 2.28. The highest BCUT2D eigenvalue weighted by atomic mass is 16.5. The van der Waals surface area contributed by atoms with Crippen molar-refractivity contribution in [2.45, 2.75) is 6.42 Å². The van der Waals surface area contributed by atoms with Crippen LogP contribution in [0, 0.1) is 0 Å². The van der Waals surface area contributed by atoms with Gasteiger partial charge in [0, 0.05) is 18.7 Å². The summed E-state index contributed by atoms with van der Waals surface area (Å²) in [6.07, 6.45) is 2.02. The zero-order valence-electron chi connectivity index (χ0n) is 9.17. The smallest absolute Gasteiger partial charge is 0.254 e. The molecule has 2 aromatic heterocycles. The van der Waals surface area contributed by atoms with Crippen LogP contribution in [0.1, 0.15) is 11.4 Å². The molecule has 88 valence electrons. The van der Waals surface area contributed by atoms with E-state index in [-0.39, 0.29) is 11.4 Å². The zero-order chi connectivity index (χ0) is 12.3. The molecule has 17 heavy (non-hydrogen) atoms. The van der Waals surface area contributed by atoms with E-state index in [0.717, 1.165) is 11.6 Å². The summed E-state index contributed by atoms with van der Waals surface area (Å²) in [5.41, 5.74) is 0.480. The number of H-pyrrole nitrogens is 1. The fraction of sp³-hybridized carbons (Fsp3) is 0.182. The van der Waals surface area contributed by atoms with E-state index < -0.39 is 0 Å². The van der Waals surface area contributed by atoms with Crippen LogP contribution in [0.4, 0.5) is 0 Å². The van der Waals surface area contributed by atoms with Crippen LogP contribution in [-0.4, -0.2) is 27.2 Å². The molecule has 2 N–H and O–H groups in total. The van der Waals surface area contributed by atoms with Crippen molar-refractivity contribution in [3.05, 3.63) is 46.1 Å². The first-order valence-corrected chi connectivity index (χ1v) is 4.95. The van der Waals surface area contributed by atoms with Crippen molar-refractivity contribution in [3.63, 3.8) is 0 Å². The molecule has 6 nitrogen and oxygen atoms in total. The molecule has 2 rings (SSSR count). The molecule has 0 aliphatic rings. The third-order valence-corrected chi connectivity index (χ3v) is 2.16. The van der Waals surface area contributed by atoms with Gasteiger partial charge in [-0.25, -0.2) is 4.98 Å². The molecule has 0 bridgehead atoms. The summed E-state index contributed by atoms with van der Waals surface area (Å²) in [4.78, 5) is 21.5. The monoisotopic (exact) mass is 233 g/mol. The quantitative estimate of drug-likeness (QED) is 0.804. The molecule has 0 spiro atoms. The minimum absolute atomic E-state index is 0.287. The molecule has 2 aromatic rings. The van der Waals surface area contributed by atoms with Gasteiger partial charge >= 0.3 is 0 Å². The van der Waals surface area contributed by atoms with E-state index in [1.165, 1.54) is 7.11 Å². The lowest BCUT2D eigenvalue weighted by atomic mass is 10.2. The second-order valence-corrected chi connectivity index (χ2v) is 3.44. The van der Waals surface area contributed by atoms with Gasteiger partial charge in [-0.2, -0.15) is 4.98 Å². The Morgan fingerprint density at radius 1 is 1.47 bits per heavy atom. The van der Waals surface area contributed by atoms with Gasteiger partial charge in [0.25, 0.3) is 5.56 Å². The summed E-state index contributed by atoms with van der Waals surface area (Å²) in [5, 5.41) is 9.19. The van der Waals surface area contributed by atoms with E-state index >= 15 is 0 Å². The number of hydrogen-bond acceptors (Lipinski definition) is 5. The van der Waals surface area contributed by atoms with Gasteiger partial charge in [-0.05, 0) is 5.56 Å². The molecule has 0 aliphatic heterocycles. The summed E-state index contributed by atoms with van der Waals surface area (Å²) in [6, 6.07) is 4.56. The highest BCUT2D eigenvalue weighted by Crippen LogP contribution is 2.10. The Labute approximate surface area is 96.9 Å². The van der Waals surface area contributed by atoms with Crippen molar-refractivity contribution in [2.24, 2.45) is 0 Å². The van der Waals surface area contributed by atoms with Crippen molar-refractivity contribution >= 4 is 0 Å². The van der Waals surface area contributed by atoms with E-state index in [1.54, 1.807) is 12.3 Å². The van der Waals surface area contributed by atoms with Crippen LogP contribution in [0.15, 0.2) is 29.2 Å². The van der Waals surface area contributed by atoms with Gasteiger partial charge in [0.05, 0.1) is 13.2 Å². The summed E-state index contributed by atoms with van der Waals surface area (Å²) in [6.45, 7) is 0. The van der Waals surface area contributed by atoms with Crippen LogP contribution in [0.25, 0.3) is 0 Å². The van der Waals surface area contributed by atoms with Crippen molar-refractivity contribution < 1.29 is 9.84 Å². The predicted octanol–water partition coefficient (Wildman–Crippen LogP) is 0.470. The van der Waals surface area contributed by atoms with Crippen LogP contribution < -0.4 is 10.3 Å². The normalized spacial score (nSPS) is 10.2. The largest absolute Gasteiger partial charge is 0.493 e. The Morgan fingerprint density at radius 3 is 2.88 bits per heavy atom. The molecule has 0 aromatic carbocycles. The maximum absolute atomic E-state index is 11.1. The number of aromatic amines is 1.